The van der Waals surface area contributed by atoms with Gasteiger partial charge in [-0.1, -0.05) is 23.9 Å². The molecule has 0 N–H and O–H groups in total. The Labute approximate surface area is 192 Å². The molecule has 0 aliphatic rings. The normalized spacial score (nSPS) is 11.2. The molecule has 5 aromatic rings. The number of methoxy groups -OCH3 is 1. The summed E-state index contributed by atoms with van der Waals surface area (Å²) in [5.41, 5.74) is 3.19. The van der Waals surface area contributed by atoms with Crippen LogP contribution in [0.5, 0.6) is 5.75 Å². The minimum atomic E-state index is -0.0924. The molecule has 9 heteroatoms. The van der Waals surface area contributed by atoms with Crippen LogP contribution in [0.2, 0.25) is 0 Å². The predicted molar refractivity (Wildman–Crippen MR) is 127 cm³/mol. The van der Waals surface area contributed by atoms with Crippen molar-refractivity contribution in [1.82, 2.24) is 24.1 Å². The lowest BCUT2D eigenvalue weighted by molar-refractivity contribution is 0.414. The Morgan fingerprint density at radius 3 is 2.69 bits per heavy atom. The molecule has 0 unspecified atom stereocenters. The summed E-state index contributed by atoms with van der Waals surface area (Å²) in [7, 11) is 1.65. The number of aryl methyl sites for hydroxylation is 1. The number of thioether (sulfide) groups is 1. The molecule has 5 rings (SSSR count). The van der Waals surface area contributed by atoms with Gasteiger partial charge in [0.15, 0.2) is 11.0 Å². The number of ether oxygens (including phenoxy) is 1. The maximum Gasteiger partial charge on any atom is 0.258 e. The van der Waals surface area contributed by atoms with Crippen molar-refractivity contribution in [2.75, 3.05) is 7.11 Å². The topological polar surface area (TPSA) is 74.3 Å². The van der Waals surface area contributed by atoms with E-state index in [9.17, 15) is 4.79 Å². The van der Waals surface area contributed by atoms with Crippen molar-refractivity contribution in [3.8, 4) is 22.1 Å². The van der Waals surface area contributed by atoms with Crippen molar-refractivity contribution in [2.24, 2.45) is 0 Å². The fourth-order valence-electron chi connectivity index (χ4n) is 3.36. The van der Waals surface area contributed by atoms with Gasteiger partial charge in [-0.3, -0.25) is 13.8 Å². The van der Waals surface area contributed by atoms with Crippen LogP contribution in [0, 0.1) is 6.92 Å². The highest BCUT2D eigenvalue weighted by Gasteiger charge is 2.17. The smallest absolute Gasteiger partial charge is 0.258 e. The molecule has 0 radical (unpaired) electrons. The summed E-state index contributed by atoms with van der Waals surface area (Å²) in [5.74, 6) is 2.05. The molecule has 0 spiro atoms. The molecule has 4 heterocycles. The van der Waals surface area contributed by atoms with Crippen LogP contribution in [-0.4, -0.2) is 31.3 Å². The van der Waals surface area contributed by atoms with Crippen molar-refractivity contribution in [1.29, 1.82) is 0 Å². The summed E-state index contributed by atoms with van der Waals surface area (Å²) >= 11 is 3.11. The van der Waals surface area contributed by atoms with Gasteiger partial charge in [-0.25, -0.2) is 4.98 Å². The van der Waals surface area contributed by atoms with Gasteiger partial charge >= 0.3 is 0 Å². The van der Waals surface area contributed by atoms with E-state index in [1.165, 1.54) is 11.8 Å². The lowest BCUT2D eigenvalue weighted by Crippen LogP contribution is -2.15. The van der Waals surface area contributed by atoms with Gasteiger partial charge in [0.25, 0.3) is 5.56 Å². The van der Waals surface area contributed by atoms with Gasteiger partial charge in [0.05, 0.1) is 23.4 Å². The van der Waals surface area contributed by atoms with Crippen LogP contribution in [0.1, 0.15) is 11.3 Å². The number of pyridine rings is 1. The summed E-state index contributed by atoms with van der Waals surface area (Å²) in [6.45, 7) is 1.95. The molecule has 0 saturated heterocycles. The van der Waals surface area contributed by atoms with E-state index in [1.807, 2.05) is 65.4 Å². The van der Waals surface area contributed by atoms with Gasteiger partial charge in [0.2, 0.25) is 0 Å². The van der Waals surface area contributed by atoms with Crippen molar-refractivity contribution in [3.63, 3.8) is 0 Å². The molecule has 0 saturated carbocycles. The summed E-state index contributed by atoms with van der Waals surface area (Å²) in [6, 6.07) is 17.2. The first-order valence-corrected chi connectivity index (χ1v) is 11.7. The fourth-order valence-corrected chi connectivity index (χ4v) is 4.91. The van der Waals surface area contributed by atoms with Crippen molar-refractivity contribution < 1.29 is 4.74 Å². The maximum absolute atomic E-state index is 12.5. The fraction of sp³-hybridized carbons (Fsp3) is 0.130. The number of nitrogens with zero attached hydrogens (tertiary/aromatic N) is 5. The molecular formula is C23H19N5O2S2. The van der Waals surface area contributed by atoms with E-state index < -0.39 is 0 Å². The molecule has 0 aliphatic heterocycles. The van der Waals surface area contributed by atoms with Crippen molar-refractivity contribution in [2.45, 2.75) is 17.8 Å². The maximum atomic E-state index is 12.5. The Balaban J connectivity index is 1.50. The van der Waals surface area contributed by atoms with Crippen molar-refractivity contribution in [3.05, 3.63) is 87.8 Å². The quantitative estimate of drug-likeness (QED) is 0.344. The van der Waals surface area contributed by atoms with E-state index in [2.05, 4.69) is 15.2 Å². The van der Waals surface area contributed by atoms with E-state index in [-0.39, 0.29) is 5.56 Å². The highest BCUT2D eigenvalue weighted by atomic mass is 32.2. The van der Waals surface area contributed by atoms with Crippen LogP contribution >= 0.6 is 23.1 Å². The molecule has 0 fully saturated rings. The SMILES string of the molecule is COc1ccc(-n2c(SCc3cc(=O)n4cc(C)ccc4n3)nnc2-c2cccs2)cc1. The first-order valence-electron chi connectivity index (χ1n) is 9.88. The van der Waals surface area contributed by atoms with Gasteiger partial charge in [-0.2, -0.15) is 0 Å². The number of hydrogen-bond donors (Lipinski definition) is 0. The van der Waals surface area contributed by atoms with Gasteiger partial charge < -0.3 is 4.74 Å². The van der Waals surface area contributed by atoms with E-state index in [0.29, 0.717) is 17.1 Å². The Kier molecular flexibility index (Phi) is 5.50. The summed E-state index contributed by atoms with van der Waals surface area (Å²) in [6.07, 6.45) is 1.80. The predicted octanol–water partition coefficient (Wildman–Crippen LogP) is 4.61. The Morgan fingerprint density at radius 2 is 1.94 bits per heavy atom. The van der Waals surface area contributed by atoms with Crippen molar-refractivity contribution >= 4 is 28.7 Å². The zero-order valence-corrected chi connectivity index (χ0v) is 19.1. The van der Waals surface area contributed by atoms with Gasteiger partial charge in [0.1, 0.15) is 11.4 Å². The van der Waals surface area contributed by atoms with E-state index in [0.717, 1.165) is 32.9 Å². The van der Waals surface area contributed by atoms with E-state index in [1.54, 1.807) is 35.1 Å². The summed E-state index contributed by atoms with van der Waals surface area (Å²) in [5, 5.41) is 11.6. The van der Waals surface area contributed by atoms with Crippen LogP contribution in [-0.2, 0) is 5.75 Å². The Hall–Kier alpha value is -3.43. The minimum Gasteiger partial charge on any atom is -0.497 e. The highest BCUT2D eigenvalue weighted by Crippen LogP contribution is 2.32. The van der Waals surface area contributed by atoms with Crippen LogP contribution in [0.15, 0.2) is 76.1 Å². The van der Waals surface area contributed by atoms with Crippen LogP contribution in [0.3, 0.4) is 0 Å². The van der Waals surface area contributed by atoms with Gasteiger partial charge in [0, 0.05) is 18.0 Å². The first kappa shape index (κ1) is 20.5. The van der Waals surface area contributed by atoms with E-state index >= 15 is 0 Å². The molecule has 7 nitrogen and oxygen atoms in total. The second-order valence-electron chi connectivity index (χ2n) is 7.13. The number of thiophene rings is 1. The van der Waals surface area contributed by atoms with Gasteiger partial charge in [-0.15, -0.1) is 21.5 Å². The molecular weight excluding hydrogens is 442 g/mol. The number of hydrogen-bond acceptors (Lipinski definition) is 7. The minimum absolute atomic E-state index is 0.0924. The first-order chi connectivity index (χ1) is 15.6. The molecule has 0 amide bonds. The van der Waals surface area contributed by atoms with Crippen LogP contribution in [0.4, 0.5) is 0 Å². The third-order valence-corrected chi connectivity index (χ3v) is 6.74. The average Bonchev–Trinajstić information content (AvgIpc) is 3.48. The summed E-state index contributed by atoms with van der Waals surface area (Å²) < 4.78 is 8.88. The molecule has 0 atom stereocenters. The number of fused-ring (bicyclic) bond motifs is 1. The molecule has 4 aromatic heterocycles. The van der Waals surface area contributed by atoms with Crippen LogP contribution < -0.4 is 10.3 Å². The zero-order valence-electron chi connectivity index (χ0n) is 17.4. The second kappa shape index (κ2) is 8.60. The lowest BCUT2D eigenvalue weighted by Gasteiger charge is -2.10. The second-order valence-corrected chi connectivity index (χ2v) is 9.02. The zero-order chi connectivity index (χ0) is 22.1. The number of rotatable bonds is 6. The van der Waals surface area contributed by atoms with Crippen LogP contribution in [0.25, 0.3) is 22.0 Å². The van der Waals surface area contributed by atoms with E-state index in [4.69, 9.17) is 4.74 Å². The summed E-state index contributed by atoms with van der Waals surface area (Å²) in [4.78, 5) is 18.2. The third-order valence-electron chi connectivity index (χ3n) is 4.92. The monoisotopic (exact) mass is 461 g/mol. The Bertz CT molecular complexity index is 1440. The lowest BCUT2D eigenvalue weighted by atomic mass is 10.3. The molecule has 1 aromatic carbocycles. The highest BCUT2D eigenvalue weighted by molar-refractivity contribution is 7.98. The molecule has 160 valence electrons. The molecule has 0 aliphatic carbocycles. The largest absolute Gasteiger partial charge is 0.497 e. The third kappa shape index (κ3) is 3.92. The van der Waals surface area contributed by atoms with Gasteiger partial charge in [-0.05, 0) is 54.3 Å². The molecule has 0 bridgehead atoms. The molecule has 32 heavy (non-hydrogen) atoms. The number of benzene rings is 1. The average molecular weight is 462 g/mol. The standard InChI is InChI=1S/C23H19N5O2S2/c1-15-5-10-20-24-16(12-21(29)27(20)13-15)14-32-23-26-25-22(19-4-3-11-31-19)28(23)17-6-8-18(30-2)9-7-17/h3-13H,14H2,1-2H3. The Morgan fingerprint density at radius 1 is 1.09 bits per heavy atom. The number of aromatic nitrogens is 5.